The first-order valence-electron chi connectivity index (χ1n) is 6.96. The average molecular weight is 280 g/mol. The fourth-order valence-corrected chi connectivity index (χ4v) is 2.68. The largest absolute Gasteiger partial charge is 0.480 e. The molecule has 1 aromatic rings. The molecule has 0 bridgehead atoms. The van der Waals surface area contributed by atoms with E-state index in [1.54, 1.807) is 13.0 Å². The third-order valence-corrected chi connectivity index (χ3v) is 4.16. The molecule has 0 saturated carbocycles. The Morgan fingerprint density at radius 2 is 1.70 bits per heavy atom. The van der Waals surface area contributed by atoms with Crippen LogP contribution in [0.25, 0.3) is 0 Å². The highest BCUT2D eigenvalue weighted by molar-refractivity contribution is 5.72. The number of hydrogen-bond donors (Lipinski definition) is 1. The van der Waals surface area contributed by atoms with Crippen LogP contribution in [0.3, 0.4) is 0 Å². The van der Waals surface area contributed by atoms with Crippen LogP contribution in [0.1, 0.15) is 25.5 Å². The van der Waals surface area contributed by atoms with E-state index in [2.05, 4.69) is 4.90 Å². The van der Waals surface area contributed by atoms with Crippen LogP contribution in [0.4, 0.5) is 4.39 Å². The molecule has 2 unspecified atom stereocenters. The van der Waals surface area contributed by atoms with E-state index in [4.69, 9.17) is 5.11 Å². The Balaban J connectivity index is 1.97. The number of halogens is 1. The first-order valence-corrected chi connectivity index (χ1v) is 6.96. The molecule has 1 aliphatic rings. The van der Waals surface area contributed by atoms with Crippen LogP contribution in [0.5, 0.6) is 0 Å². The van der Waals surface area contributed by atoms with E-state index in [-0.39, 0.29) is 11.9 Å². The first kappa shape index (κ1) is 14.9. The zero-order valence-corrected chi connectivity index (χ0v) is 11.9. The smallest absolute Gasteiger partial charge is 0.320 e. The van der Waals surface area contributed by atoms with Crippen LogP contribution in [-0.4, -0.2) is 53.1 Å². The number of carbonyl (C=O) groups is 1. The van der Waals surface area contributed by atoms with Crippen LogP contribution >= 0.6 is 0 Å². The van der Waals surface area contributed by atoms with Gasteiger partial charge < -0.3 is 5.11 Å². The topological polar surface area (TPSA) is 43.8 Å². The van der Waals surface area contributed by atoms with Crippen molar-refractivity contribution in [2.45, 2.75) is 25.9 Å². The van der Waals surface area contributed by atoms with Crippen LogP contribution < -0.4 is 0 Å². The highest BCUT2D eigenvalue weighted by Crippen LogP contribution is 2.24. The minimum Gasteiger partial charge on any atom is -0.480 e. The number of nitrogens with zero attached hydrogens (tertiary/aromatic N) is 2. The molecule has 0 radical (unpaired) electrons. The van der Waals surface area contributed by atoms with Crippen molar-refractivity contribution in [2.24, 2.45) is 0 Å². The molecule has 20 heavy (non-hydrogen) atoms. The van der Waals surface area contributed by atoms with E-state index in [9.17, 15) is 9.18 Å². The molecule has 2 atom stereocenters. The Labute approximate surface area is 118 Å². The van der Waals surface area contributed by atoms with Crippen molar-refractivity contribution in [2.75, 3.05) is 26.2 Å². The Morgan fingerprint density at radius 3 is 2.25 bits per heavy atom. The van der Waals surface area contributed by atoms with E-state index in [0.717, 1.165) is 13.1 Å². The molecule has 1 fully saturated rings. The van der Waals surface area contributed by atoms with Crippen molar-refractivity contribution in [3.05, 3.63) is 35.6 Å². The molecule has 0 aliphatic carbocycles. The normalized spacial score (nSPS) is 20.6. The summed E-state index contributed by atoms with van der Waals surface area (Å²) in [6, 6.07) is 6.38. The van der Waals surface area contributed by atoms with Gasteiger partial charge in [-0.3, -0.25) is 14.6 Å². The van der Waals surface area contributed by atoms with Gasteiger partial charge in [-0.15, -0.1) is 0 Å². The molecule has 0 amide bonds. The second kappa shape index (κ2) is 6.33. The second-order valence-corrected chi connectivity index (χ2v) is 5.28. The van der Waals surface area contributed by atoms with Gasteiger partial charge in [0, 0.05) is 37.8 Å². The first-order chi connectivity index (χ1) is 9.50. The molecule has 1 aliphatic heterocycles. The third-order valence-electron chi connectivity index (χ3n) is 4.16. The van der Waals surface area contributed by atoms with Crippen LogP contribution in [0.15, 0.2) is 24.3 Å². The molecule has 1 saturated heterocycles. The summed E-state index contributed by atoms with van der Waals surface area (Å²) in [6.45, 7) is 6.62. The van der Waals surface area contributed by atoms with E-state index < -0.39 is 12.0 Å². The van der Waals surface area contributed by atoms with Gasteiger partial charge in [0.05, 0.1) is 0 Å². The van der Waals surface area contributed by atoms with Crippen molar-refractivity contribution in [3.8, 4) is 0 Å². The highest BCUT2D eigenvalue weighted by Gasteiger charge is 2.28. The van der Waals surface area contributed by atoms with Gasteiger partial charge >= 0.3 is 5.97 Å². The van der Waals surface area contributed by atoms with Gasteiger partial charge in [-0.1, -0.05) is 18.2 Å². The number of carboxylic acid groups (broad SMARTS) is 1. The molecule has 0 aromatic heterocycles. The zero-order valence-electron chi connectivity index (χ0n) is 11.9. The van der Waals surface area contributed by atoms with Gasteiger partial charge in [-0.25, -0.2) is 4.39 Å². The van der Waals surface area contributed by atoms with Gasteiger partial charge in [-0.2, -0.15) is 0 Å². The predicted molar refractivity (Wildman–Crippen MR) is 75.1 cm³/mol. The van der Waals surface area contributed by atoms with E-state index in [1.807, 2.05) is 24.0 Å². The summed E-state index contributed by atoms with van der Waals surface area (Å²) < 4.78 is 13.8. The van der Waals surface area contributed by atoms with Gasteiger partial charge in [0.15, 0.2) is 0 Å². The van der Waals surface area contributed by atoms with E-state index in [0.29, 0.717) is 18.7 Å². The molecule has 1 aromatic carbocycles. The zero-order chi connectivity index (χ0) is 14.7. The molecule has 4 nitrogen and oxygen atoms in total. The Morgan fingerprint density at radius 1 is 1.15 bits per heavy atom. The second-order valence-electron chi connectivity index (χ2n) is 5.28. The average Bonchev–Trinajstić information content (AvgIpc) is 2.46. The van der Waals surface area contributed by atoms with Crippen molar-refractivity contribution >= 4 is 5.97 Å². The fraction of sp³-hybridized carbons (Fsp3) is 0.533. The lowest BCUT2D eigenvalue weighted by molar-refractivity contribution is -0.143. The lowest BCUT2D eigenvalue weighted by Crippen LogP contribution is -2.52. The van der Waals surface area contributed by atoms with Gasteiger partial charge in [0.2, 0.25) is 0 Å². The van der Waals surface area contributed by atoms with Crippen LogP contribution in [0.2, 0.25) is 0 Å². The Hall–Kier alpha value is -1.46. The number of rotatable bonds is 4. The Bertz CT molecular complexity index is 473. The van der Waals surface area contributed by atoms with Crippen molar-refractivity contribution < 1.29 is 14.3 Å². The van der Waals surface area contributed by atoms with E-state index >= 15 is 0 Å². The summed E-state index contributed by atoms with van der Waals surface area (Å²) >= 11 is 0. The summed E-state index contributed by atoms with van der Waals surface area (Å²) in [5.41, 5.74) is 0.701. The summed E-state index contributed by atoms with van der Waals surface area (Å²) in [5, 5.41) is 9.02. The molecule has 2 rings (SSSR count). The highest BCUT2D eigenvalue weighted by atomic mass is 19.1. The van der Waals surface area contributed by atoms with Crippen molar-refractivity contribution in [1.82, 2.24) is 9.80 Å². The standard InChI is InChI=1S/C15H21FN2O2/c1-11(13-5-3-4-6-14(13)16)17-7-9-18(10-8-17)12(2)15(19)20/h3-6,11-12H,7-10H2,1-2H3,(H,19,20). The number of hydrogen-bond acceptors (Lipinski definition) is 3. The third kappa shape index (κ3) is 3.16. The van der Waals surface area contributed by atoms with Crippen LogP contribution in [0, 0.1) is 5.82 Å². The lowest BCUT2D eigenvalue weighted by Gasteiger charge is -2.39. The minimum absolute atomic E-state index is 0.0125. The van der Waals surface area contributed by atoms with Gasteiger partial charge in [0.1, 0.15) is 11.9 Å². The predicted octanol–water partition coefficient (Wildman–Crippen LogP) is 1.98. The summed E-state index contributed by atoms with van der Waals surface area (Å²) in [4.78, 5) is 15.1. The molecule has 110 valence electrons. The molecular weight excluding hydrogens is 259 g/mol. The maximum Gasteiger partial charge on any atom is 0.320 e. The minimum atomic E-state index is -0.791. The van der Waals surface area contributed by atoms with Crippen molar-refractivity contribution in [1.29, 1.82) is 0 Å². The fourth-order valence-electron chi connectivity index (χ4n) is 2.68. The lowest BCUT2D eigenvalue weighted by atomic mass is 10.1. The quantitative estimate of drug-likeness (QED) is 0.916. The van der Waals surface area contributed by atoms with Gasteiger partial charge in [-0.05, 0) is 19.9 Å². The molecule has 1 heterocycles. The SMILES string of the molecule is CC(C(=O)O)N1CCN(C(C)c2ccccc2F)CC1. The van der Waals surface area contributed by atoms with Crippen LogP contribution in [-0.2, 0) is 4.79 Å². The maximum atomic E-state index is 13.8. The van der Waals surface area contributed by atoms with Crippen molar-refractivity contribution in [3.63, 3.8) is 0 Å². The monoisotopic (exact) mass is 280 g/mol. The number of aliphatic carboxylic acids is 1. The number of benzene rings is 1. The number of piperazine rings is 1. The summed E-state index contributed by atoms with van der Waals surface area (Å²) in [7, 11) is 0. The van der Waals surface area contributed by atoms with Gasteiger partial charge in [0.25, 0.3) is 0 Å². The molecule has 5 heteroatoms. The maximum absolute atomic E-state index is 13.8. The van der Waals surface area contributed by atoms with E-state index in [1.165, 1.54) is 6.07 Å². The molecular formula is C15H21FN2O2. The molecule has 0 spiro atoms. The number of carboxylic acids is 1. The summed E-state index contributed by atoms with van der Waals surface area (Å²) in [6.07, 6.45) is 0. The molecule has 1 N–H and O–H groups in total. The Kier molecular flexibility index (Phi) is 4.73. The summed E-state index contributed by atoms with van der Waals surface area (Å²) in [5.74, 6) is -0.970.